The summed E-state index contributed by atoms with van der Waals surface area (Å²) in [6.45, 7) is 0. The van der Waals surface area contributed by atoms with Gasteiger partial charge >= 0.3 is 0 Å². The molecule has 116 valence electrons. The molecule has 0 amide bonds. The first-order valence-electron chi connectivity index (χ1n) is 7.30. The average molecular weight is 308 g/mol. The molecule has 0 aromatic heterocycles. The Balaban J connectivity index is 2.08. The Morgan fingerprint density at radius 2 is 1.48 bits per heavy atom. The molecule has 0 unspecified atom stereocenters. The zero-order chi connectivity index (χ0) is 16.2. The van der Waals surface area contributed by atoms with Crippen molar-refractivity contribution in [2.45, 2.75) is 0 Å². The monoisotopic (exact) mass is 308 g/mol. The molecule has 3 heteroatoms. The summed E-state index contributed by atoms with van der Waals surface area (Å²) >= 11 is 0. The fourth-order valence-corrected chi connectivity index (χ4v) is 2.57. The van der Waals surface area contributed by atoms with Crippen molar-refractivity contribution in [2.24, 2.45) is 0 Å². The fraction of sp³-hybridized carbons (Fsp3) is 0.100. The number of benzene rings is 3. The Morgan fingerprint density at radius 3 is 2.13 bits per heavy atom. The minimum atomic E-state index is -0.294. The first kappa shape index (κ1) is 15.1. The SMILES string of the molecule is COc1ccc(OC)c(-c2ccc(-c3ccccc3)cc2F)c1. The molecule has 23 heavy (non-hydrogen) atoms. The number of halogens is 1. The standard InChI is InChI=1S/C20H17FO2/c1-22-16-9-11-20(23-2)18(13-16)17-10-8-15(12-19(17)21)14-6-4-3-5-7-14/h3-13H,1-2H3. The zero-order valence-corrected chi connectivity index (χ0v) is 13.0. The van der Waals surface area contributed by atoms with Crippen LogP contribution in [-0.4, -0.2) is 14.2 Å². The number of methoxy groups -OCH3 is 2. The van der Waals surface area contributed by atoms with Gasteiger partial charge in [-0.25, -0.2) is 4.39 Å². The van der Waals surface area contributed by atoms with Crippen molar-refractivity contribution >= 4 is 0 Å². The Hall–Kier alpha value is -2.81. The van der Waals surface area contributed by atoms with Crippen LogP contribution < -0.4 is 9.47 Å². The zero-order valence-electron chi connectivity index (χ0n) is 13.0. The highest BCUT2D eigenvalue weighted by atomic mass is 19.1. The van der Waals surface area contributed by atoms with Crippen molar-refractivity contribution < 1.29 is 13.9 Å². The van der Waals surface area contributed by atoms with E-state index in [0.29, 0.717) is 22.6 Å². The average Bonchev–Trinajstić information content (AvgIpc) is 2.62. The highest BCUT2D eigenvalue weighted by Gasteiger charge is 2.13. The van der Waals surface area contributed by atoms with Gasteiger partial charge in [0, 0.05) is 11.1 Å². The summed E-state index contributed by atoms with van der Waals surface area (Å²) in [6, 6.07) is 20.3. The van der Waals surface area contributed by atoms with Gasteiger partial charge in [-0.2, -0.15) is 0 Å². The van der Waals surface area contributed by atoms with Crippen LogP contribution in [0.15, 0.2) is 66.7 Å². The van der Waals surface area contributed by atoms with E-state index < -0.39 is 0 Å². The third kappa shape index (κ3) is 3.04. The predicted octanol–water partition coefficient (Wildman–Crippen LogP) is 5.18. The second-order valence-electron chi connectivity index (χ2n) is 5.13. The molecule has 0 aliphatic carbocycles. The molecule has 2 nitrogen and oxygen atoms in total. The van der Waals surface area contributed by atoms with E-state index in [1.54, 1.807) is 44.6 Å². The summed E-state index contributed by atoms with van der Waals surface area (Å²) in [5.41, 5.74) is 2.98. The van der Waals surface area contributed by atoms with Crippen LogP contribution in [0.25, 0.3) is 22.3 Å². The van der Waals surface area contributed by atoms with Crippen LogP contribution >= 0.6 is 0 Å². The number of rotatable bonds is 4. The lowest BCUT2D eigenvalue weighted by molar-refractivity contribution is 0.404. The Labute approximate surface area is 135 Å². The van der Waals surface area contributed by atoms with Crippen molar-refractivity contribution in [3.05, 3.63) is 72.5 Å². The number of ether oxygens (including phenoxy) is 2. The maximum absolute atomic E-state index is 14.7. The van der Waals surface area contributed by atoms with Gasteiger partial charge in [-0.3, -0.25) is 0 Å². The Kier molecular flexibility index (Phi) is 4.29. The molecule has 0 N–H and O–H groups in total. The molecule has 0 bridgehead atoms. The Morgan fingerprint density at radius 1 is 0.696 bits per heavy atom. The molecule has 0 saturated carbocycles. The van der Waals surface area contributed by atoms with E-state index in [2.05, 4.69) is 0 Å². The molecule has 3 aromatic carbocycles. The molecule has 0 fully saturated rings. The summed E-state index contributed by atoms with van der Waals surface area (Å²) in [4.78, 5) is 0. The fourth-order valence-electron chi connectivity index (χ4n) is 2.57. The molecule has 0 heterocycles. The van der Waals surface area contributed by atoms with Crippen LogP contribution in [0.5, 0.6) is 11.5 Å². The second kappa shape index (κ2) is 6.53. The molecule has 3 rings (SSSR count). The molecule has 0 radical (unpaired) electrons. The quantitative estimate of drug-likeness (QED) is 0.661. The molecule has 0 spiro atoms. The van der Waals surface area contributed by atoms with Gasteiger partial charge in [-0.05, 0) is 35.4 Å². The molecular formula is C20H17FO2. The van der Waals surface area contributed by atoms with Gasteiger partial charge in [0.05, 0.1) is 14.2 Å². The van der Waals surface area contributed by atoms with E-state index in [1.165, 1.54) is 0 Å². The van der Waals surface area contributed by atoms with Gasteiger partial charge < -0.3 is 9.47 Å². The molecule has 0 aliphatic rings. The van der Waals surface area contributed by atoms with Gasteiger partial charge in [0.2, 0.25) is 0 Å². The predicted molar refractivity (Wildman–Crippen MR) is 90.4 cm³/mol. The van der Waals surface area contributed by atoms with Gasteiger partial charge in [-0.1, -0.05) is 42.5 Å². The van der Waals surface area contributed by atoms with Crippen LogP contribution in [0.4, 0.5) is 4.39 Å². The van der Waals surface area contributed by atoms with Crippen LogP contribution in [0.1, 0.15) is 0 Å². The Bertz CT molecular complexity index is 813. The molecule has 3 aromatic rings. The van der Waals surface area contributed by atoms with Crippen molar-refractivity contribution in [3.8, 4) is 33.8 Å². The first-order chi connectivity index (χ1) is 11.2. The third-order valence-corrected chi connectivity index (χ3v) is 3.77. The lowest BCUT2D eigenvalue weighted by atomic mass is 9.99. The van der Waals surface area contributed by atoms with Gasteiger partial charge in [0.1, 0.15) is 17.3 Å². The third-order valence-electron chi connectivity index (χ3n) is 3.77. The van der Waals surface area contributed by atoms with Gasteiger partial charge in [-0.15, -0.1) is 0 Å². The summed E-state index contributed by atoms with van der Waals surface area (Å²) in [7, 11) is 3.15. The topological polar surface area (TPSA) is 18.5 Å². The highest BCUT2D eigenvalue weighted by molar-refractivity contribution is 5.75. The van der Waals surface area contributed by atoms with E-state index in [-0.39, 0.29) is 5.82 Å². The molecule has 0 saturated heterocycles. The van der Waals surface area contributed by atoms with Gasteiger partial charge in [0.25, 0.3) is 0 Å². The minimum absolute atomic E-state index is 0.294. The van der Waals surface area contributed by atoms with E-state index in [1.807, 2.05) is 36.4 Å². The minimum Gasteiger partial charge on any atom is -0.497 e. The lowest BCUT2D eigenvalue weighted by Gasteiger charge is -2.12. The maximum atomic E-state index is 14.7. The number of hydrogen-bond acceptors (Lipinski definition) is 2. The number of hydrogen-bond donors (Lipinski definition) is 0. The van der Waals surface area contributed by atoms with Crippen molar-refractivity contribution in [1.82, 2.24) is 0 Å². The normalized spacial score (nSPS) is 10.4. The second-order valence-corrected chi connectivity index (χ2v) is 5.13. The van der Waals surface area contributed by atoms with Crippen LogP contribution in [0, 0.1) is 5.82 Å². The summed E-state index contributed by atoms with van der Waals surface area (Å²) < 4.78 is 25.3. The van der Waals surface area contributed by atoms with Crippen molar-refractivity contribution in [2.75, 3.05) is 14.2 Å². The van der Waals surface area contributed by atoms with Gasteiger partial charge in [0.15, 0.2) is 0 Å². The largest absolute Gasteiger partial charge is 0.497 e. The first-order valence-corrected chi connectivity index (χ1v) is 7.30. The lowest BCUT2D eigenvalue weighted by Crippen LogP contribution is -1.93. The molecule has 0 aliphatic heterocycles. The van der Waals surface area contributed by atoms with Crippen molar-refractivity contribution in [1.29, 1.82) is 0 Å². The maximum Gasteiger partial charge on any atom is 0.131 e. The van der Waals surface area contributed by atoms with E-state index in [9.17, 15) is 4.39 Å². The van der Waals surface area contributed by atoms with Crippen LogP contribution in [0.2, 0.25) is 0 Å². The summed E-state index contributed by atoms with van der Waals surface area (Å²) in [5.74, 6) is 0.974. The van der Waals surface area contributed by atoms with Crippen LogP contribution in [-0.2, 0) is 0 Å². The highest BCUT2D eigenvalue weighted by Crippen LogP contribution is 2.36. The van der Waals surface area contributed by atoms with E-state index in [4.69, 9.17) is 9.47 Å². The van der Waals surface area contributed by atoms with Crippen molar-refractivity contribution in [3.63, 3.8) is 0 Å². The molecular weight excluding hydrogens is 291 g/mol. The van der Waals surface area contributed by atoms with E-state index in [0.717, 1.165) is 11.1 Å². The summed E-state index contributed by atoms with van der Waals surface area (Å²) in [5, 5.41) is 0. The van der Waals surface area contributed by atoms with Crippen LogP contribution in [0.3, 0.4) is 0 Å². The van der Waals surface area contributed by atoms with E-state index >= 15 is 0 Å². The summed E-state index contributed by atoms with van der Waals surface area (Å²) in [6.07, 6.45) is 0. The smallest absolute Gasteiger partial charge is 0.131 e. The molecule has 0 atom stereocenters.